The number of carbonyl (C=O) groups is 1. The summed E-state index contributed by atoms with van der Waals surface area (Å²) in [6, 6.07) is 0. The molecular weight excluding hydrogens is 150 g/mol. The normalized spacial score (nSPS) is 18.2. The topological polar surface area (TPSA) is 20.3 Å². The monoisotopic (exact) mass is 165 g/mol. The molecule has 0 radical (unpaired) electrons. The second-order valence-corrected chi connectivity index (χ2v) is 3.10. The van der Waals surface area contributed by atoms with E-state index >= 15 is 0 Å². The first-order valence-electron chi connectivity index (χ1n) is 4.31. The minimum absolute atomic E-state index is 0.130. The molecule has 12 heavy (non-hydrogen) atoms. The van der Waals surface area contributed by atoms with Crippen molar-refractivity contribution in [1.29, 1.82) is 0 Å². The molecule has 66 valence electrons. The summed E-state index contributed by atoms with van der Waals surface area (Å²) < 4.78 is 0. The molecule has 0 unspecified atom stereocenters. The van der Waals surface area contributed by atoms with Gasteiger partial charge in [-0.15, -0.1) is 0 Å². The van der Waals surface area contributed by atoms with Crippen molar-refractivity contribution in [3.8, 4) is 0 Å². The fourth-order valence-corrected chi connectivity index (χ4v) is 1.35. The summed E-state index contributed by atoms with van der Waals surface area (Å²) in [7, 11) is 0. The highest BCUT2D eigenvalue weighted by Gasteiger charge is 2.12. The molecule has 0 saturated heterocycles. The van der Waals surface area contributed by atoms with Gasteiger partial charge in [-0.3, -0.25) is 4.79 Å². The Morgan fingerprint density at radius 3 is 3.00 bits per heavy atom. The van der Waals surface area contributed by atoms with Crippen LogP contribution in [0.2, 0.25) is 0 Å². The van der Waals surface area contributed by atoms with E-state index < -0.39 is 0 Å². The Morgan fingerprint density at radius 2 is 2.42 bits per heavy atom. The lowest BCUT2D eigenvalue weighted by atomic mass is 10.1. The number of hydrogen-bond donors (Lipinski definition) is 0. The van der Waals surface area contributed by atoms with Crippen molar-refractivity contribution in [3.63, 3.8) is 0 Å². The summed E-state index contributed by atoms with van der Waals surface area (Å²) in [5, 5.41) is 0. The second kappa shape index (κ2) is 4.10. The summed E-state index contributed by atoms with van der Waals surface area (Å²) in [6.07, 6.45) is 6.60. The molecule has 1 heterocycles. The number of allylic oxidation sites excluding steroid dienone is 1. The lowest BCUT2D eigenvalue weighted by Gasteiger charge is -2.24. The Hall–Kier alpha value is -1.05. The third-order valence-corrected chi connectivity index (χ3v) is 1.95. The first-order valence-corrected chi connectivity index (χ1v) is 4.31. The van der Waals surface area contributed by atoms with Crippen LogP contribution in [0.1, 0.15) is 20.3 Å². The third-order valence-electron chi connectivity index (χ3n) is 1.95. The van der Waals surface area contributed by atoms with Gasteiger partial charge >= 0.3 is 0 Å². The standard InChI is InChI=1S/C10H15NO/c1-3-5-10(12)11-7-4-6-9(2)8-11/h3,5-6H,4,7-8H2,1-2H3/b5-3+. The molecule has 0 aliphatic carbocycles. The van der Waals surface area contributed by atoms with E-state index in [0.717, 1.165) is 19.5 Å². The number of amides is 1. The summed E-state index contributed by atoms with van der Waals surface area (Å²) in [5.41, 5.74) is 1.29. The minimum Gasteiger partial charge on any atom is -0.335 e. The van der Waals surface area contributed by atoms with E-state index in [1.54, 1.807) is 12.2 Å². The zero-order valence-corrected chi connectivity index (χ0v) is 7.71. The summed E-state index contributed by atoms with van der Waals surface area (Å²) >= 11 is 0. The maximum absolute atomic E-state index is 11.4. The van der Waals surface area contributed by atoms with Gasteiger partial charge in [-0.25, -0.2) is 0 Å². The highest BCUT2D eigenvalue weighted by atomic mass is 16.2. The van der Waals surface area contributed by atoms with Gasteiger partial charge in [0.2, 0.25) is 5.91 Å². The number of nitrogens with zero attached hydrogens (tertiary/aromatic N) is 1. The van der Waals surface area contributed by atoms with Gasteiger partial charge in [0, 0.05) is 13.1 Å². The zero-order valence-electron chi connectivity index (χ0n) is 7.71. The zero-order chi connectivity index (χ0) is 8.97. The van der Waals surface area contributed by atoms with Gasteiger partial charge in [-0.2, -0.15) is 0 Å². The first kappa shape index (κ1) is 9.04. The van der Waals surface area contributed by atoms with Crippen molar-refractivity contribution in [1.82, 2.24) is 4.90 Å². The Bertz CT molecular complexity index is 228. The lowest BCUT2D eigenvalue weighted by molar-refractivity contribution is -0.125. The van der Waals surface area contributed by atoms with Crippen molar-refractivity contribution < 1.29 is 4.79 Å². The second-order valence-electron chi connectivity index (χ2n) is 3.10. The van der Waals surface area contributed by atoms with Crippen LogP contribution in [-0.2, 0) is 4.79 Å². The van der Waals surface area contributed by atoms with Crippen LogP contribution in [0.5, 0.6) is 0 Å². The van der Waals surface area contributed by atoms with Gasteiger partial charge < -0.3 is 4.90 Å². The molecule has 1 aliphatic rings. The van der Waals surface area contributed by atoms with Gasteiger partial charge in [0.15, 0.2) is 0 Å². The molecule has 2 heteroatoms. The molecule has 0 aromatic carbocycles. The first-order chi connectivity index (χ1) is 5.74. The van der Waals surface area contributed by atoms with Gasteiger partial charge in [0.05, 0.1) is 0 Å². The van der Waals surface area contributed by atoms with Crippen molar-refractivity contribution in [3.05, 3.63) is 23.8 Å². The Kier molecular flexibility index (Phi) is 3.09. The predicted octanol–water partition coefficient (Wildman–Crippen LogP) is 1.74. The maximum atomic E-state index is 11.4. The fourth-order valence-electron chi connectivity index (χ4n) is 1.35. The average molecular weight is 165 g/mol. The molecule has 1 rings (SSSR count). The van der Waals surface area contributed by atoms with Crippen LogP contribution >= 0.6 is 0 Å². The molecular formula is C10H15NO. The van der Waals surface area contributed by atoms with Crippen molar-refractivity contribution in [2.45, 2.75) is 20.3 Å². The van der Waals surface area contributed by atoms with Gasteiger partial charge in [-0.1, -0.05) is 17.7 Å². The van der Waals surface area contributed by atoms with Gasteiger partial charge in [0.25, 0.3) is 0 Å². The molecule has 0 spiro atoms. The van der Waals surface area contributed by atoms with E-state index in [0.29, 0.717) is 0 Å². The predicted molar refractivity (Wildman–Crippen MR) is 49.8 cm³/mol. The molecule has 0 N–H and O–H groups in total. The SMILES string of the molecule is C/C=C/C(=O)N1CCC=C(C)C1. The van der Waals surface area contributed by atoms with Crippen LogP contribution in [0, 0.1) is 0 Å². The molecule has 0 aromatic rings. The van der Waals surface area contributed by atoms with Gasteiger partial charge in [-0.05, 0) is 26.3 Å². The lowest BCUT2D eigenvalue weighted by Crippen LogP contribution is -2.34. The third kappa shape index (κ3) is 2.22. The highest BCUT2D eigenvalue weighted by Crippen LogP contribution is 2.08. The molecule has 1 amide bonds. The molecule has 0 saturated carbocycles. The molecule has 0 fully saturated rings. The van der Waals surface area contributed by atoms with Crippen LogP contribution in [-0.4, -0.2) is 23.9 Å². The minimum atomic E-state index is 0.130. The van der Waals surface area contributed by atoms with Crippen molar-refractivity contribution >= 4 is 5.91 Å². The molecule has 0 bridgehead atoms. The van der Waals surface area contributed by atoms with Crippen molar-refractivity contribution in [2.24, 2.45) is 0 Å². The molecule has 0 atom stereocenters. The molecule has 2 nitrogen and oxygen atoms in total. The number of rotatable bonds is 1. The summed E-state index contributed by atoms with van der Waals surface area (Å²) in [6.45, 7) is 5.59. The molecule has 0 aromatic heterocycles. The van der Waals surface area contributed by atoms with Crippen LogP contribution in [0.15, 0.2) is 23.8 Å². The largest absolute Gasteiger partial charge is 0.335 e. The number of carbonyl (C=O) groups excluding carboxylic acids is 1. The Morgan fingerprint density at radius 1 is 1.67 bits per heavy atom. The Balaban J connectivity index is 2.54. The van der Waals surface area contributed by atoms with Gasteiger partial charge in [0.1, 0.15) is 0 Å². The quantitative estimate of drug-likeness (QED) is 0.428. The highest BCUT2D eigenvalue weighted by molar-refractivity contribution is 5.87. The van der Waals surface area contributed by atoms with Crippen LogP contribution in [0.3, 0.4) is 0 Å². The number of hydrogen-bond acceptors (Lipinski definition) is 1. The van der Waals surface area contributed by atoms with Crippen LogP contribution < -0.4 is 0 Å². The summed E-state index contributed by atoms with van der Waals surface area (Å²) in [4.78, 5) is 13.2. The van der Waals surface area contributed by atoms with Crippen molar-refractivity contribution in [2.75, 3.05) is 13.1 Å². The van der Waals surface area contributed by atoms with E-state index in [1.807, 2.05) is 11.8 Å². The maximum Gasteiger partial charge on any atom is 0.246 e. The Labute approximate surface area is 73.6 Å². The smallest absolute Gasteiger partial charge is 0.246 e. The van der Waals surface area contributed by atoms with E-state index in [-0.39, 0.29) is 5.91 Å². The van der Waals surface area contributed by atoms with E-state index in [4.69, 9.17) is 0 Å². The van der Waals surface area contributed by atoms with Crippen LogP contribution in [0.25, 0.3) is 0 Å². The summed E-state index contributed by atoms with van der Waals surface area (Å²) in [5.74, 6) is 0.130. The van der Waals surface area contributed by atoms with E-state index in [9.17, 15) is 4.79 Å². The fraction of sp³-hybridized carbons (Fsp3) is 0.500. The average Bonchev–Trinajstić information content (AvgIpc) is 2.05. The van der Waals surface area contributed by atoms with E-state index in [1.165, 1.54) is 5.57 Å². The molecule has 1 aliphatic heterocycles. The van der Waals surface area contributed by atoms with E-state index in [2.05, 4.69) is 13.0 Å². The van der Waals surface area contributed by atoms with Crippen LogP contribution in [0.4, 0.5) is 0 Å².